The molecule has 1 heterocycles. The molecule has 0 aliphatic heterocycles. The molecule has 0 atom stereocenters. The highest BCUT2D eigenvalue weighted by atomic mass is 35.5. The van der Waals surface area contributed by atoms with Crippen LogP contribution in [0.15, 0.2) is 59.6 Å². The van der Waals surface area contributed by atoms with E-state index in [1.54, 1.807) is 57.2 Å². The third-order valence-corrected chi connectivity index (χ3v) is 6.19. The van der Waals surface area contributed by atoms with Crippen molar-refractivity contribution < 1.29 is 12.8 Å². The van der Waals surface area contributed by atoms with Gasteiger partial charge in [0.2, 0.25) is 10.0 Å². The highest BCUT2D eigenvalue weighted by Crippen LogP contribution is 2.36. The molecule has 3 N–H and O–H groups in total. The van der Waals surface area contributed by atoms with Gasteiger partial charge in [-0.05, 0) is 32.4 Å². The fraction of sp³-hybridized carbons (Fsp3) is 0.190. The van der Waals surface area contributed by atoms with Crippen LogP contribution in [0.3, 0.4) is 0 Å². The van der Waals surface area contributed by atoms with Gasteiger partial charge < -0.3 is 5.73 Å². The van der Waals surface area contributed by atoms with Crippen molar-refractivity contribution in [2.24, 2.45) is 0 Å². The van der Waals surface area contributed by atoms with Crippen molar-refractivity contribution in [1.82, 2.24) is 9.71 Å². The van der Waals surface area contributed by atoms with Gasteiger partial charge in [0.25, 0.3) is 0 Å². The normalized spacial score (nSPS) is 12.2. The quantitative estimate of drug-likeness (QED) is 0.614. The Morgan fingerprint density at radius 1 is 1.03 bits per heavy atom. The SMILES string of the molecule is CC(C)(C)NS(=O)(=O)c1c(-c2ccccc2)ccc(-c2cnc(N)c(Cl)c2)c1F. The molecule has 1 aromatic heterocycles. The average Bonchev–Trinajstić information content (AvgIpc) is 2.62. The van der Waals surface area contributed by atoms with E-state index in [-0.39, 0.29) is 22.0 Å². The first kappa shape index (κ1) is 21.2. The maximum absolute atomic E-state index is 15.7. The Hall–Kier alpha value is -2.48. The average molecular weight is 434 g/mol. The first-order valence-electron chi connectivity index (χ1n) is 8.83. The maximum atomic E-state index is 15.7. The molecule has 152 valence electrons. The lowest BCUT2D eigenvalue weighted by Gasteiger charge is -2.23. The number of nitrogens with zero attached hydrogens (tertiary/aromatic N) is 1. The molecule has 3 aromatic rings. The number of hydrogen-bond acceptors (Lipinski definition) is 4. The van der Waals surface area contributed by atoms with Crippen molar-refractivity contribution in [1.29, 1.82) is 0 Å². The topological polar surface area (TPSA) is 85.1 Å². The molecule has 0 unspecified atom stereocenters. The summed E-state index contributed by atoms with van der Waals surface area (Å²) in [5, 5.41) is 0.159. The molecule has 29 heavy (non-hydrogen) atoms. The van der Waals surface area contributed by atoms with Gasteiger partial charge in [-0.1, -0.05) is 54.1 Å². The van der Waals surface area contributed by atoms with Gasteiger partial charge >= 0.3 is 0 Å². The Morgan fingerprint density at radius 2 is 1.66 bits per heavy atom. The van der Waals surface area contributed by atoms with Gasteiger partial charge in [-0.15, -0.1) is 0 Å². The van der Waals surface area contributed by atoms with Crippen molar-refractivity contribution in [3.8, 4) is 22.3 Å². The van der Waals surface area contributed by atoms with Gasteiger partial charge in [0.15, 0.2) is 5.82 Å². The summed E-state index contributed by atoms with van der Waals surface area (Å²) in [5.74, 6) is -0.773. The van der Waals surface area contributed by atoms with Crippen LogP contribution in [0.2, 0.25) is 5.02 Å². The summed E-state index contributed by atoms with van der Waals surface area (Å²) < 4.78 is 44.5. The number of pyridine rings is 1. The summed E-state index contributed by atoms with van der Waals surface area (Å²) in [6.07, 6.45) is 1.36. The Balaban J connectivity index is 2.30. The Morgan fingerprint density at radius 3 is 2.24 bits per heavy atom. The minimum Gasteiger partial charge on any atom is -0.382 e. The number of hydrogen-bond donors (Lipinski definition) is 2. The number of halogens is 2. The summed E-state index contributed by atoms with van der Waals surface area (Å²) in [6, 6.07) is 13.3. The zero-order valence-electron chi connectivity index (χ0n) is 16.2. The standard InChI is InChI=1S/C21H21ClFN3O2S/c1-21(2,3)26-29(27,28)19-16(13-7-5-4-6-8-13)10-9-15(18(19)23)14-11-17(22)20(24)25-12-14/h4-12,26H,1-3H3,(H2,24,25). The molecule has 0 radical (unpaired) electrons. The highest BCUT2D eigenvalue weighted by molar-refractivity contribution is 7.89. The zero-order chi connectivity index (χ0) is 21.4. The van der Waals surface area contributed by atoms with Crippen molar-refractivity contribution >= 4 is 27.4 Å². The van der Waals surface area contributed by atoms with E-state index in [1.165, 1.54) is 18.3 Å². The van der Waals surface area contributed by atoms with Crippen LogP contribution >= 0.6 is 11.6 Å². The maximum Gasteiger partial charge on any atom is 0.244 e. The number of anilines is 1. The summed E-state index contributed by atoms with van der Waals surface area (Å²) in [4.78, 5) is 3.52. The predicted octanol–water partition coefficient (Wildman–Crippen LogP) is 4.87. The van der Waals surface area contributed by atoms with Gasteiger partial charge in [-0.25, -0.2) is 22.5 Å². The van der Waals surface area contributed by atoms with Gasteiger partial charge in [0.05, 0.1) is 5.02 Å². The number of nitrogens with one attached hydrogen (secondary N) is 1. The molecule has 0 aliphatic rings. The van der Waals surface area contributed by atoms with E-state index in [9.17, 15) is 8.42 Å². The van der Waals surface area contributed by atoms with E-state index >= 15 is 4.39 Å². The fourth-order valence-electron chi connectivity index (χ4n) is 2.94. The summed E-state index contributed by atoms with van der Waals surface area (Å²) in [5.41, 5.74) is 6.08. The molecule has 8 heteroatoms. The lowest BCUT2D eigenvalue weighted by molar-refractivity contribution is 0.487. The van der Waals surface area contributed by atoms with Gasteiger partial charge in [-0.2, -0.15) is 0 Å². The number of rotatable bonds is 4. The Bertz CT molecular complexity index is 1160. The molecule has 2 aromatic carbocycles. The first-order chi connectivity index (χ1) is 13.5. The van der Waals surface area contributed by atoms with Crippen molar-refractivity contribution in [2.45, 2.75) is 31.2 Å². The largest absolute Gasteiger partial charge is 0.382 e. The molecular formula is C21H21ClFN3O2S. The van der Waals surface area contributed by atoms with E-state index in [4.69, 9.17) is 17.3 Å². The molecule has 5 nitrogen and oxygen atoms in total. The van der Waals surface area contributed by atoms with Crippen LogP contribution < -0.4 is 10.5 Å². The molecule has 0 aliphatic carbocycles. The second-order valence-electron chi connectivity index (χ2n) is 7.62. The van der Waals surface area contributed by atoms with E-state index in [1.807, 2.05) is 0 Å². The molecule has 0 fully saturated rings. The van der Waals surface area contributed by atoms with E-state index in [2.05, 4.69) is 9.71 Å². The van der Waals surface area contributed by atoms with Gasteiger partial charge in [0, 0.05) is 28.4 Å². The van der Waals surface area contributed by atoms with Crippen LogP contribution in [0.4, 0.5) is 10.2 Å². The zero-order valence-corrected chi connectivity index (χ0v) is 17.8. The number of nitrogen functional groups attached to an aromatic ring is 1. The minimum atomic E-state index is -4.18. The highest BCUT2D eigenvalue weighted by Gasteiger charge is 2.30. The van der Waals surface area contributed by atoms with Crippen LogP contribution in [0.25, 0.3) is 22.3 Å². The number of aromatic nitrogens is 1. The van der Waals surface area contributed by atoms with E-state index in [0.717, 1.165) is 0 Å². The smallest absolute Gasteiger partial charge is 0.244 e. The van der Waals surface area contributed by atoms with Gasteiger partial charge in [0.1, 0.15) is 10.7 Å². The molecule has 0 bridgehead atoms. The van der Waals surface area contributed by atoms with E-state index < -0.39 is 26.3 Å². The minimum absolute atomic E-state index is 0.0633. The molecule has 0 spiro atoms. The van der Waals surface area contributed by atoms with E-state index in [0.29, 0.717) is 11.1 Å². The van der Waals surface area contributed by atoms with Crippen molar-refractivity contribution in [3.63, 3.8) is 0 Å². The van der Waals surface area contributed by atoms with Gasteiger partial charge in [-0.3, -0.25) is 0 Å². The third-order valence-electron chi connectivity index (χ3n) is 4.07. The molecule has 0 saturated carbocycles. The lowest BCUT2D eigenvalue weighted by atomic mass is 10.0. The molecule has 0 amide bonds. The lowest BCUT2D eigenvalue weighted by Crippen LogP contribution is -2.41. The molecular weight excluding hydrogens is 413 g/mol. The fourth-order valence-corrected chi connectivity index (χ4v) is 4.83. The number of benzene rings is 2. The summed E-state index contributed by atoms with van der Waals surface area (Å²) >= 11 is 6.02. The van der Waals surface area contributed by atoms with Crippen LogP contribution in [-0.4, -0.2) is 18.9 Å². The third kappa shape index (κ3) is 4.58. The number of nitrogens with two attached hydrogens (primary N) is 1. The van der Waals surface area contributed by atoms with Crippen molar-refractivity contribution in [2.75, 3.05) is 5.73 Å². The monoisotopic (exact) mass is 433 g/mol. The summed E-state index contributed by atoms with van der Waals surface area (Å²) in [6.45, 7) is 5.08. The van der Waals surface area contributed by atoms with Crippen molar-refractivity contribution in [3.05, 3.63) is 65.6 Å². The number of sulfonamides is 1. The predicted molar refractivity (Wildman–Crippen MR) is 115 cm³/mol. The van der Waals surface area contributed by atoms with Crippen LogP contribution in [-0.2, 0) is 10.0 Å². The molecule has 3 rings (SSSR count). The van der Waals surface area contributed by atoms with Crippen LogP contribution in [0.5, 0.6) is 0 Å². The summed E-state index contributed by atoms with van der Waals surface area (Å²) in [7, 11) is -4.18. The molecule has 0 saturated heterocycles. The Labute approximate surface area is 174 Å². The second-order valence-corrected chi connectivity index (χ2v) is 9.64. The second kappa shape index (κ2) is 7.74. The Kier molecular flexibility index (Phi) is 5.67. The van der Waals surface area contributed by atoms with Crippen LogP contribution in [0.1, 0.15) is 20.8 Å². The first-order valence-corrected chi connectivity index (χ1v) is 10.7. The van der Waals surface area contributed by atoms with Crippen LogP contribution in [0, 0.1) is 5.82 Å².